The lowest BCUT2D eigenvalue weighted by Crippen LogP contribution is -2.50. The molecule has 4 atom stereocenters. The van der Waals surface area contributed by atoms with E-state index in [4.69, 9.17) is 4.74 Å². The molecule has 0 radical (unpaired) electrons. The Hall–Kier alpha value is -2.80. The molecule has 2 saturated heterocycles. The molecule has 7 nitrogen and oxygen atoms in total. The molecular formula is C26H29FN4O3S. The van der Waals surface area contributed by atoms with Gasteiger partial charge in [0.25, 0.3) is 5.91 Å². The second-order valence-corrected chi connectivity index (χ2v) is 10.6. The van der Waals surface area contributed by atoms with Crippen LogP contribution >= 0.6 is 11.3 Å². The number of thiophene rings is 1. The minimum absolute atomic E-state index is 0.0948. The number of nitrogens with zero attached hydrogens (tertiary/aromatic N) is 1. The van der Waals surface area contributed by atoms with Gasteiger partial charge in [-0.3, -0.25) is 9.59 Å². The minimum atomic E-state index is -0.801. The van der Waals surface area contributed by atoms with Crippen molar-refractivity contribution in [1.82, 2.24) is 16.0 Å². The monoisotopic (exact) mass is 496 g/mol. The first-order valence-electron chi connectivity index (χ1n) is 12.2. The van der Waals surface area contributed by atoms with Crippen LogP contribution in [0, 0.1) is 23.1 Å². The van der Waals surface area contributed by atoms with Gasteiger partial charge in [0, 0.05) is 31.7 Å². The first-order valence-corrected chi connectivity index (χ1v) is 13.1. The van der Waals surface area contributed by atoms with Crippen LogP contribution in [0.3, 0.4) is 0 Å². The second-order valence-electron chi connectivity index (χ2n) is 9.67. The number of hydrogen-bond acceptors (Lipinski definition) is 6. The predicted molar refractivity (Wildman–Crippen MR) is 130 cm³/mol. The summed E-state index contributed by atoms with van der Waals surface area (Å²) in [5, 5.41) is 20.5. The number of piperidine rings is 1. The number of carbonyl (C=O) groups is 2. The number of rotatable bonds is 7. The van der Waals surface area contributed by atoms with E-state index in [2.05, 4.69) is 22.0 Å². The van der Waals surface area contributed by atoms with Gasteiger partial charge in [-0.1, -0.05) is 12.1 Å². The zero-order valence-corrected chi connectivity index (χ0v) is 20.2. The molecule has 2 aromatic rings. The zero-order valence-electron chi connectivity index (χ0n) is 19.4. The van der Waals surface area contributed by atoms with Crippen molar-refractivity contribution in [2.24, 2.45) is 5.92 Å². The van der Waals surface area contributed by atoms with Crippen molar-refractivity contribution >= 4 is 23.2 Å². The summed E-state index contributed by atoms with van der Waals surface area (Å²) in [5.74, 6) is -0.410. The van der Waals surface area contributed by atoms with Crippen LogP contribution in [0.15, 0.2) is 29.6 Å². The van der Waals surface area contributed by atoms with Crippen LogP contribution in [0.4, 0.5) is 4.39 Å². The summed E-state index contributed by atoms with van der Waals surface area (Å²) in [4.78, 5) is 25.8. The minimum Gasteiger partial charge on any atom is -0.381 e. The van der Waals surface area contributed by atoms with Gasteiger partial charge in [0.2, 0.25) is 5.91 Å². The number of ether oxygens (including phenoxy) is 1. The summed E-state index contributed by atoms with van der Waals surface area (Å²) < 4.78 is 20.3. The Balaban J connectivity index is 1.20. The van der Waals surface area contributed by atoms with Crippen LogP contribution in [0.2, 0.25) is 0 Å². The van der Waals surface area contributed by atoms with Gasteiger partial charge < -0.3 is 20.7 Å². The number of nitriles is 1. The van der Waals surface area contributed by atoms with Gasteiger partial charge in [-0.15, -0.1) is 11.3 Å². The summed E-state index contributed by atoms with van der Waals surface area (Å²) in [6.07, 6.45) is 4.84. The normalized spacial score (nSPS) is 24.6. The molecule has 184 valence electrons. The predicted octanol–water partition coefficient (Wildman–Crippen LogP) is 3.15. The Labute approximate surface area is 208 Å². The van der Waals surface area contributed by atoms with E-state index in [1.807, 2.05) is 5.38 Å². The molecule has 1 aliphatic carbocycles. The average Bonchev–Trinajstić information content (AvgIpc) is 3.63. The van der Waals surface area contributed by atoms with Crippen LogP contribution < -0.4 is 16.0 Å². The van der Waals surface area contributed by atoms with E-state index in [1.54, 1.807) is 18.2 Å². The number of halogens is 1. The lowest BCUT2D eigenvalue weighted by molar-refractivity contribution is -0.124. The third-order valence-corrected chi connectivity index (χ3v) is 8.23. The van der Waals surface area contributed by atoms with Crippen LogP contribution in [-0.2, 0) is 16.0 Å². The van der Waals surface area contributed by atoms with E-state index in [9.17, 15) is 19.2 Å². The molecule has 0 spiro atoms. The zero-order chi connectivity index (χ0) is 24.4. The fraction of sp³-hybridized carbons (Fsp3) is 0.500. The van der Waals surface area contributed by atoms with E-state index in [-0.39, 0.29) is 30.3 Å². The van der Waals surface area contributed by atoms with Crippen molar-refractivity contribution in [3.05, 3.63) is 45.9 Å². The van der Waals surface area contributed by atoms with Gasteiger partial charge in [0.1, 0.15) is 11.9 Å². The molecule has 2 bridgehead atoms. The van der Waals surface area contributed by atoms with Gasteiger partial charge in [0.15, 0.2) is 0 Å². The number of hydrogen-bond donors (Lipinski definition) is 3. The molecule has 1 aromatic carbocycles. The Morgan fingerprint density at radius 1 is 1.20 bits per heavy atom. The number of carbonyl (C=O) groups excluding carboxylic acids is 2. The molecule has 3 heterocycles. The maximum Gasteiger partial charge on any atom is 0.261 e. The standard InChI is InChI=1S/C26H29FN4O3S/c27-22-11-15(18-12-23(35-14-18)25(32)30-19-5-7-34-8-6-19)1-2-16(22)9-21(13-28)31-26(33)24-17-3-4-20(10-17)29-24/h1-2,11-12,14,17,19-21,24,29H,3-10H2,(H,30,32)(H,31,33)/t17-,20+,21-,24-/m0/s1. The van der Waals surface area contributed by atoms with Crippen molar-refractivity contribution in [2.45, 2.75) is 62.7 Å². The van der Waals surface area contributed by atoms with Crippen molar-refractivity contribution in [2.75, 3.05) is 13.2 Å². The number of amides is 2. The highest BCUT2D eigenvalue weighted by Crippen LogP contribution is 2.35. The fourth-order valence-electron chi connectivity index (χ4n) is 5.36. The Morgan fingerprint density at radius 2 is 2.03 bits per heavy atom. The number of fused-ring (bicyclic) bond motifs is 2. The van der Waals surface area contributed by atoms with Crippen LogP contribution in [0.5, 0.6) is 0 Å². The topological polar surface area (TPSA) is 103 Å². The molecule has 0 unspecified atom stereocenters. The van der Waals surface area contributed by atoms with Crippen LogP contribution in [0.1, 0.15) is 47.3 Å². The maximum atomic E-state index is 14.9. The highest BCUT2D eigenvalue weighted by Gasteiger charge is 2.43. The first-order chi connectivity index (χ1) is 17.0. The Morgan fingerprint density at radius 3 is 2.71 bits per heavy atom. The van der Waals surface area contributed by atoms with E-state index < -0.39 is 11.9 Å². The van der Waals surface area contributed by atoms with Gasteiger partial charge in [-0.05, 0) is 72.2 Å². The van der Waals surface area contributed by atoms with Gasteiger partial charge in [-0.25, -0.2) is 4.39 Å². The van der Waals surface area contributed by atoms with Gasteiger partial charge >= 0.3 is 0 Å². The Kier molecular flexibility index (Phi) is 7.14. The summed E-state index contributed by atoms with van der Waals surface area (Å²) in [5.41, 5.74) is 1.80. The first kappa shape index (κ1) is 23.9. The molecule has 3 aliphatic rings. The average molecular weight is 497 g/mol. The van der Waals surface area contributed by atoms with Crippen molar-refractivity contribution in [1.29, 1.82) is 5.26 Å². The van der Waals surface area contributed by atoms with Crippen LogP contribution in [0.25, 0.3) is 11.1 Å². The molecule has 1 saturated carbocycles. The highest BCUT2D eigenvalue weighted by atomic mass is 32.1. The fourth-order valence-corrected chi connectivity index (χ4v) is 6.18. The molecular weight excluding hydrogens is 467 g/mol. The van der Waals surface area contributed by atoms with Gasteiger partial charge in [0.05, 0.1) is 17.0 Å². The third-order valence-electron chi connectivity index (χ3n) is 7.30. The van der Waals surface area contributed by atoms with E-state index in [0.717, 1.165) is 37.7 Å². The van der Waals surface area contributed by atoms with Crippen LogP contribution in [-0.4, -0.2) is 49.2 Å². The number of benzene rings is 1. The van der Waals surface area contributed by atoms with E-state index in [1.165, 1.54) is 17.4 Å². The summed E-state index contributed by atoms with van der Waals surface area (Å²) in [6, 6.07) is 8.18. The molecule has 35 heavy (non-hydrogen) atoms. The molecule has 5 rings (SSSR count). The maximum absolute atomic E-state index is 14.9. The number of nitrogens with one attached hydrogen (secondary N) is 3. The molecule has 2 amide bonds. The third kappa shape index (κ3) is 5.40. The van der Waals surface area contributed by atoms with Crippen molar-refractivity contribution in [3.8, 4) is 17.2 Å². The molecule has 3 N–H and O–H groups in total. The summed E-state index contributed by atoms with van der Waals surface area (Å²) in [6.45, 7) is 1.31. The summed E-state index contributed by atoms with van der Waals surface area (Å²) in [7, 11) is 0. The lowest BCUT2D eigenvalue weighted by Gasteiger charge is -2.23. The second kappa shape index (κ2) is 10.4. The quantitative estimate of drug-likeness (QED) is 0.547. The largest absolute Gasteiger partial charge is 0.381 e. The highest BCUT2D eigenvalue weighted by molar-refractivity contribution is 7.12. The SMILES string of the molecule is N#C[C@H](Cc1ccc(-c2csc(C(=O)NC3CCOCC3)c2)cc1F)NC(=O)[C@H]1N[C@@H]2CC[C@H]1C2. The molecule has 2 aliphatic heterocycles. The lowest BCUT2D eigenvalue weighted by atomic mass is 9.98. The van der Waals surface area contributed by atoms with E-state index in [0.29, 0.717) is 41.2 Å². The van der Waals surface area contributed by atoms with Crippen molar-refractivity contribution < 1.29 is 18.7 Å². The molecule has 1 aromatic heterocycles. The van der Waals surface area contributed by atoms with E-state index >= 15 is 0 Å². The smallest absolute Gasteiger partial charge is 0.261 e. The van der Waals surface area contributed by atoms with Crippen molar-refractivity contribution in [3.63, 3.8) is 0 Å². The molecule has 9 heteroatoms. The molecule has 3 fully saturated rings. The van der Waals surface area contributed by atoms with Gasteiger partial charge in [-0.2, -0.15) is 5.26 Å². The summed E-state index contributed by atoms with van der Waals surface area (Å²) >= 11 is 1.33. The Bertz CT molecular complexity index is 1140.